The fourth-order valence-electron chi connectivity index (χ4n) is 3.61. The van der Waals surface area contributed by atoms with Gasteiger partial charge in [-0.05, 0) is 51.1 Å². The van der Waals surface area contributed by atoms with E-state index in [1.54, 1.807) is 7.11 Å². The van der Waals surface area contributed by atoms with Crippen molar-refractivity contribution in [3.63, 3.8) is 0 Å². The molecule has 0 saturated heterocycles. The van der Waals surface area contributed by atoms with Gasteiger partial charge < -0.3 is 9.47 Å². The molecule has 0 aliphatic carbocycles. The highest BCUT2D eigenvalue weighted by Gasteiger charge is 2.26. The number of halogens is 1. The molecule has 0 saturated carbocycles. The number of benzene rings is 1. The number of aryl methyl sites for hydroxylation is 2. The molecule has 4 rings (SSSR count). The van der Waals surface area contributed by atoms with Crippen LogP contribution in [0.5, 0.6) is 5.75 Å². The van der Waals surface area contributed by atoms with Crippen molar-refractivity contribution in [2.24, 2.45) is 0 Å². The van der Waals surface area contributed by atoms with Crippen LogP contribution in [0.25, 0.3) is 16.9 Å². The Morgan fingerprint density at radius 3 is 2.59 bits per heavy atom. The molecule has 1 aliphatic heterocycles. The van der Waals surface area contributed by atoms with Gasteiger partial charge in [-0.1, -0.05) is 11.6 Å². The van der Waals surface area contributed by atoms with E-state index in [0.717, 1.165) is 46.0 Å². The quantitative estimate of drug-likeness (QED) is 0.659. The van der Waals surface area contributed by atoms with Gasteiger partial charge in [0.25, 0.3) is 0 Å². The van der Waals surface area contributed by atoms with E-state index in [2.05, 4.69) is 24.0 Å². The molecule has 6 heteroatoms. The first kappa shape index (κ1) is 18.0. The molecule has 140 valence electrons. The Bertz CT molecular complexity index is 993. The third-order valence-corrected chi connectivity index (χ3v) is 5.11. The summed E-state index contributed by atoms with van der Waals surface area (Å²) in [5.74, 6) is 0.652. The standard InChI is InChI=1S/C21H22ClN3O2/c1-12-7-15(8-13(2)23-12)21-17-11-27-14(3)9-19(17)25(24-21)16-5-6-20(26-4)18(22)10-16/h5-8,10,14H,9,11H2,1-4H3. The molecule has 0 radical (unpaired) electrons. The number of aromatic nitrogens is 3. The molecule has 1 atom stereocenters. The Labute approximate surface area is 163 Å². The average molecular weight is 384 g/mol. The van der Waals surface area contributed by atoms with E-state index in [4.69, 9.17) is 26.2 Å². The summed E-state index contributed by atoms with van der Waals surface area (Å²) >= 11 is 6.36. The third-order valence-electron chi connectivity index (χ3n) is 4.82. The molecule has 0 fully saturated rings. The van der Waals surface area contributed by atoms with Crippen LogP contribution in [-0.2, 0) is 17.8 Å². The second-order valence-electron chi connectivity index (χ2n) is 6.97. The van der Waals surface area contributed by atoms with Crippen molar-refractivity contribution in [3.8, 4) is 22.7 Å². The summed E-state index contributed by atoms with van der Waals surface area (Å²) in [6.45, 7) is 6.64. The van der Waals surface area contributed by atoms with Gasteiger partial charge >= 0.3 is 0 Å². The maximum Gasteiger partial charge on any atom is 0.137 e. The highest BCUT2D eigenvalue weighted by molar-refractivity contribution is 6.32. The minimum absolute atomic E-state index is 0.149. The summed E-state index contributed by atoms with van der Waals surface area (Å²) in [6, 6.07) is 9.87. The Balaban J connectivity index is 1.90. The van der Waals surface area contributed by atoms with E-state index in [1.807, 2.05) is 36.7 Å². The second kappa shape index (κ2) is 6.98. The predicted octanol–water partition coefficient (Wildman–Crippen LogP) is 4.67. The van der Waals surface area contributed by atoms with Crippen LogP contribution in [0.1, 0.15) is 29.6 Å². The van der Waals surface area contributed by atoms with Crippen molar-refractivity contribution >= 4 is 11.6 Å². The number of fused-ring (bicyclic) bond motifs is 1. The van der Waals surface area contributed by atoms with Crippen molar-refractivity contribution in [1.29, 1.82) is 0 Å². The van der Waals surface area contributed by atoms with Gasteiger partial charge in [0.15, 0.2) is 0 Å². The number of pyridine rings is 1. The highest BCUT2D eigenvalue weighted by atomic mass is 35.5. The summed E-state index contributed by atoms with van der Waals surface area (Å²) < 4.78 is 13.2. The monoisotopic (exact) mass is 383 g/mol. The van der Waals surface area contributed by atoms with Crippen molar-refractivity contribution in [3.05, 3.63) is 58.0 Å². The van der Waals surface area contributed by atoms with E-state index in [0.29, 0.717) is 17.4 Å². The number of hydrogen-bond acceptors (Lipinski definition) is 4. The van der Waals surface area contributed by atoms with Crippen LogP contribution in [0.2, 0.25) is 5.02 Å². The molecule has 5 nitrogen and oxygen atoms in total. The molecule has 0 N–H and O–H groups in total. The molecule has 0 bridgehead atoms. The molecule has 0 spiro atoms. The van der Waals surface area contributed by atoms with E-state index < -0.39 is 0 Å². The van der Waals surface area contributed by atoms with Gasteiger partial charge in [0, 0.05) is 28.9 Å². The summed E-state index contributed by atoms with van der Waals surface area (Å²) in [5, 5.41) is 5.52. The zero-order valence-electron chi connectivity index (χ0n) is 15.9. The van der Waals surface area contributed by atoms with Crippen LogP contribution in [0, 0.1) is 13.8 Å². The molecule has 1 unspecified atom stereocenters. The van der Waals surface area contributed by atoms with Gasteiger partial charge in [-0.25, -0.2) is 4.68 Å². The molecular formula is C21H22ClN3O2. The molecule has 1 aromatic carbocycles. The number of methoxy groups -OCH3 is 1. The van der Waals surface area contributed by atoms with Crippen molar-refractivity contribution in [2.45, 2.75) is 39.9 Å². The molecule has 27 heavy (non-hydrogen) atoms. The molecule has 2 aromatic heterocycles. The maximum atomic E-state index is 6.36. The number of nitrogens with zero attached hydrogens (tertiary/aromatic N) is 3. The Hall–Kier alpha value is -2.37. The lowest BCUT2D eigenvalue weighted by Gasteiger charge is -2.21. The zero-order chi connectivity index (χ0) is 19.1. The molecular weight excluding hydrogens is 362 g/mol. The van der Waals surface area contributed by atoms with Crippen LogP contribution >= 0.6 is 11.6 Å². The summed E-state index contributed by atoms with van der Waals surface area (Å²) in [5.41, 5.74) is 7.17. The minimum atomic E-state index is 0.149. The van der Waals surface area contributed by atoms with Gasteiger partial charge in [-0.2, -0.15) is 5.10 Å². The smallest absolute Gasteiger partial charge is 0.137 e. The summed E-state index contributed by atoms with van der Waals surface area (Å²) in [7, 11) is 1.61. The normalized spacial score (nSPS) is 16.3. The number of ether oxygens (including phenoxy) is 2. The van der Waals surface area contributed by atoms with E-state index in [9.17, 15) is 0 Å². The Kier molecular flexibility index (Phi) is 4.66. The van der Waals surface area contributed by atoms with Gasteiger partial charge in [-0.3, -0.25) is 4.98 Å². The van der Waals surface area contributed by atoms with Crippen molar-refractivity contribution in [2.75, 3.05) is 7.11 Å². The van der Waals surface area contributed by atoms with Crippen molar-refractivity contribution < 1.29 is 9.47 Å². The average Bonchev–Trinajstić information content (AvgIpc) is 2.99. The topological polar surface area (TPSA) is 49.2 Å². The van der Waals surface area contributed by atoms with Crippen LogP contribution < -0.4 is 4.74 Å². The Morgan fingerprint density at radius 1 is 1.19 bits per heavy atom. The number of hydrogen-bond donors (Lipinski definition) is 0. The number of rotatable bonds is 3. The van der Waals surface area contributed by atoms with E-state index in [-0.39, 0.29) is 6.10 Å². The van der Waals surface area contributed by atoms with Gasteiger partial charge in [0.05, 0.1) is 41.9 Å². The minimum Gasteiger partial charge on any atom is -0.495 e. The largest absolute Gasteiger partial charge is 0.495 e. The highest BCUT2D eigenvalue weighted by Crippen LogP contribution is 2.34. The maximum absolute atomic E-state index is 6.36. The SMILES string of the molecule is COc1ccc(-n2nc(-c3cc(C)nc(C)c3)c3c2CC(C)OC3)cc1Cl. The first-order valence-electron chi connectivity index (χ1n) is 8.98. The second-order valence-corrected chi connectivity index (χ2v) is 7.38. The van der Waals surface area contributed by atoms with Crippen LogP contribution in [0.15, 0.2) is 30.3 Å². The fourth-order valence-corrected chi connectivity index (χ4v) is 3.86. The molecule has 3 heterocycles. The lowest BCUT2D eigenvalue weighted by Crippen LogP contribution is -2.21. The lowest BCUT2D eigenvalue weighted by molar-refractivity contribution is 0.0401. The predicted molar refractivity (Wildman–Crippen MR) is 106 cm³/mol. The van der Waals surface area contributed by atoms with Crippen LogP contribution in [0.3, 0.4) is 0 Å². The van der Waals surface area contributed by atoms with Gasteiger partial charge in [0.2, 0.25) is 0 Å². The van der Waals surface area contributed by atoms with Gasteiger partial charge in [0.1, 0.15) is 5.75 Å². The lowest BCUT2D eigenvalue weighted by atomic mass is 10.0. The summed E-state index contributed by atoms with van der Waals surface area (Å²) in [6.07, 6.45) is 0.949. The van der Waals surface area contributed by atoms with Crippen molar-refractivity contribution in [1.82, 2.24) is 14.8 Å². The molecule has 1 aliphatic rings. The fraction of sp³-hybridized carbons (Fsp3) is 0.333. The zero-order valence-corrected chi connectivity index (χ0v) is 16.7. The third kappa shape index (κ3) is 3.33. The molecule has 0 amide bonds. The molecule has 3 aromatic rings. The van der Waals surface area contributed by atoms with E-state index >= 15 is 0 Å². The summed E-state index contributed by atoms with van der Waals surface area (Å²) in [4.78, 5) is 4.48. The first-order valence-corrected chi connectivity index (χ1v) is 9.36. The Morgan fingerprint density at radius 2 is 1.93 bits per heavy atom. The van der Waals surface area contributed by atoms with Crippen LogP contribution in [0.4, 0.5) is 0 Å². The van der Waals surface area contributed by atoms with E-state index in [1.165, 1.54) is 0 Å². The van der Waals surface area contributed by atoms with Crippen LogP contribution in [-0.4, -0.2) is 28.0 Å². The first-order chi connectivity index (χ1) is 13.0. The van der Waals surface area contributed by atoms with Gasteiger partial charge in [-0.15, -0.1) is 0 Å².